The molecule has 0 aliphatic heterocycles. The van der Waals surface area contributed by atoms with Crippen LogP contribution in [0.2, 0.25) is 0 Å². The summed E-state index contributed by atoms with van der Waals surface area (Å²) < 4.78 is 4.03. The van der Waals surface area contributed by atoms with Gasteiger partial charge in [0, 0.05) is 11.9 Å². The third kappa shape index (κ3) is 2.42. The predicted octanol–water partition coefficient (Wildman–Crippen LogP) is 4.29. The van der Waals surface area contributed by atoms with Crippen molar-refractivity contribution >= 4 is 0 Å². The zero-order valence-corrected chi connectivity index (χ0v) is 14.4. The molecule has 1 heterocycles. The van der Waals surface area contributed by atoms with Crippen molar-refractivity contribution in [3.05, 3.63) is 76.2 Å². The Morgan fingerprint density at radius 3 is 1.61 bits per heavy atom. The van der Waals surface area contributed by atoms with Gasteiger partial charge in [-0.2, -0.15) is 0 Å². The Morgan fingerprint density at radius 1 is 0.696 bits per heavy atom. The molecule has 118 valence electrons. The molecule has 23 heavy (non-hydrogen) atoms. The van der Waals surface area contributed by atoms with Crippen molar-refractivity contribution in [2.24, 2.45) is 0 Å². The van der Waals surface area contributed by atoms with Crippen LogP contribution in [0.15, 0.2) is 42.6 Å². The lowest BCUT2D eigenvalue weighted by molar-refractivity contribution is 0.814. The fraction of sp³-hybridized carbons (Fsp3) is 0.250. The van der Waals surface area contributed by atoms with Gasteiger partial charge in [0.25, 0.3) is 0 Å². The summed E-state index contributed by atoms with van der Waals surface area (Å²) in [7, 11) is 0. The van der Waals surface area contributed by atoms with Crippen molar-refractivity contribution in [1.29, 1.82) is 5.41 Å². The van der Waals surface area contributed by atoms with Gasteiger partial charge in [-0.15, -0.1) is 0 Å². The summed E-state index contributed by atoms with van der Waals surface area (Å²) in [5.74, 6) is 0. The van der Waals surface area contributed by atoms with Crippen molar-refractivity contribution in [2.75, 3.05) is 0 Å². The molecule has 0 saturated heterocycles. The highest BCUT2D eigenvalue weighted by Gasteiger charge is 2.14. The smallest absolute Gasteiger partial charge is 0.211 e. The maximum atomic E-state index is 8.75. The van der Waals surface area contributed by atoms with Gasteiger partial charge in [-0.3, -0.25) is 14.5 Å². The molecule has 0 atom stereocenters. The molecule has 0 aliphatic carbocycles. The molecule has 0 spiro atoms. The molecule has 3 heteroatoms. The van der Waals surface area contributed by atoms with Gasteiger partial charge in [-0.1, -0.05) is 36.4 Å². The van der Waals surface area contributed by atoms with Crippen LogP contribution in [0, 0.1) is 40.0 Å². The summed E-state index contributed by atoms with van der Waals surface area (Å²) in [6.45, 7) is 10.5. The lowest BCUT2D eigenvalue weighted by Crippen LogP contribution is -2.24. The van der Waals surface area contributed by atoms with E-state index in [1.807, 2.05) is 9.13 Å². The predicted molar refractivity (Wildman–Crippen MR) is 94.6 cm³/mol. The maximum absolute atomic E-state index is 8.75. The van der Waals surface area contributed by atoms with E-state index in [0.29, 0.717) is 5.62 Å². The first-order valence-electron chi connectivity index (χ1n) is 7.90. The molecule has 0 fully saturated rings. The molecule has 3 rings (SSSR count). The van der Waals surface area contributed by atoms with Crippen LogP contribution in [-0.4, -0.2) is 9.13 Å². The van der Waals surface area contributed by atoms with Gasteiger partial charge in [0.05, 0.1) is 11.4 Å². The molecule has 0 bridgehead atoms. The van der Waals surface area contributed by atoms with Crippen molar-refractivity contribution < 1.29 is 0 Å². The minimum Gasteiger partial charge on any atom is -0.285 e. The number of nitrogens with one attached hydrogen (secondary N) is 1. The van der Waals surface area contributed by atoms with Crippen molar-refractivity contribution in [3.8, 4) is 11.4 Å². The Kier molecular flexibility index (Phi) is 3.72. The second-order valence-corrected chi connectivity index (χ2v) is 6.28. The molecular weight excluding hydrogens is 282 g/mol. The van der Waals surface area contributed by atoms with Crippen LogP contribution in [0.25, 0.3) is 11.4 Å². The zero-order valence-electron chi connectivity index (χ0n) is 14.4. The van der Waals surface area contributed by atoms with E-state index >= 15 is 0 Å². The van der Waals surface area contributed by atoms with Gasteiger partial charge in [0.1, 0.15) is 0 Å². The highest BCUT2D eigenvalue weighted by molar-refractivity contribution is 5.50. The van der Waals surface area contributed by atoms with Crippen LogP contribution in [0.5, 0.6) is 0 Å². The standard InChI is InChI=1S/C20H23N3/c1-13-8-6-9-14(2)18(13)22-12-17(5)23(20(22)21)19-15(3)10-7-11-16(19)4/h6-12,21H,1-5H3. The van der Waals surface area contributed by atoms with Crippen molar-refractivity contribution in [2.45, 2.75) is 34.6 Å². The Hall–Kier alpha value is -2.55. The summed E-state index contributed by atoms with van der Waals surface area (Å²) in [5, 5.41) is 8.75. The van der Waals surface area contributed by atoms with Crippen LogP contribution in [0.3, 0.4) is 0 Å². The van der Waals surface area contributed by atoms with E-state index in [1.54, 1.807) is 0 Å². The van der Waals surface area contributed by atoms with E-state index in [4.69, 9.17) is 5.41 Å². The van der Waals surface area contributed by atoms with E-state index in [2.05, 4.69) is 77.2 Å². The molecule has 0 saturated carbocycles. The number of hydrogen-bond acceptors (Lipinski definition) is 1. The Balaban J connectivity index is 2.33. The first-order valence-corrected chi connectivity index (χ1v) is 7.90. The third-order valence-electron chi connectivity index (χ3n) is 4.45. The fourth-order valence-corrected chi connectivity index (χ4v) is 3.38. The molecular formula is C20H23N3. The van der Waals surface area contributed by atoms with E-state index in [1.165, 1.54) is 22.3 Å². The Labute approximate surface area is 137 Å². The van der Waals surface area contributed by atoms with Crippen LogP contribution in [0.4, 0.5) is 0 Å². The summed E-state index contributed by atoms with van der Waals surface area (Å²) >= 11 is 0. The number of hydrogen-bond donors (Lipinski definition) is 1. The number of aromatic nitrogens is 2. The lowest BCUT2D eigenvalue weighted by atomic mass is 10.1. The minimum atomic E-state index is 0.484. The van der Waals surface area contributed by atoms with E-state index in [0.717, 1.165) is 17.1 Å². The van der Waals surface area contributed by atoms with Gasteiger partial charge in [-0.25, -0.2) is 0 Å². The second-order valence-electron chi connectivity index (χ2n) is 6.28. The number of aryl methyl sites for hydroxylation is 5. The molecule has 0 amide bonds. The third-order valence-corrected chi connectivity index (χ3v) is 4.45. The topological polar surface area (TPSA) is 33.7 Å². The molecule has 1 aromatic heterocycles. The van der Waals surface area contributed by atoms with Gasteiger partial charge in [0.2, 0.25) is 5.62 Å². The SMILES string of the molecule is Cc1cccc(C)c1-n1cc(C)n(-c2c(C)cccc2C)c1=N. The van der Waals surface area contributed by atoms with Gasteiger partial charge in [0.15, 0.2) is 0 Å². The average molecular weight is 305 g/mol. The molecule has 3 aromatic rings. The minimum absolute atomic E-state index is 0.484. The summed E-state index contributed by atoms with van der Waals surface area (Å²) in [6, 6.07) is 12.5. The molecule has 0 radical (unpaired) electrons. The normalized spacial score (nSPS) is 11.0. The maximum Gasteiger partial charge on any atom is 0.211 e. The Morgan fingerprint density at radius 2 is 1.13 bits per heavy atom. The molecule has 2 aromatic carbocycles. The quantitative estimate of drug-likeness (QED) is 0.733. The first kappa shape index (κ1) is 15.3. The summed E-state index contributed by atoms with van der Waals surface area (Å²) in [6.07, 6.45) is 2.06. The number of rotatable bonds is 2. The van der Waals surface area contributed by atoms with Crippen LogP contribution >= 0.6 is 0 Å². The first-order chi connectivity index (χ1) is 10.9. The highest BCUT2D eigenvalue weighted by atomic mass is 15.2. The monoisotopic (exact) mass is 305 g/mol. The fourth-order valence-electron chi connectivity index (χ4n) is 3.38. The summed E-state index contributed by atoms with van der Waals surface area (Å²) in [4.78, 5) is 0. The van der Waals surface area contributed by atoms with Gasteiger partial charge in [-0.05, 0) is 56.9 Å². The summed E-state index contributed by atoms with van der Waals surface area (Å²) in [5.41, 5.74) is 8.50. The number of para-hydroxylation sites is 2. The van der Waals surface area contributed by atoms with Crippen molar-refractivity contribution in [1.82, 2.24) is 9.13 Å². The molecule has 0 aliphatic rings. The van der Waals surface area contributed by atoms with Crippen molar-refractivity contribution in [3.63, 3.8) is 0 Å². The molecule has 3 nitrogen and oxygen atoms in total. The highest BCUT2D eigenvalue weighted by Crippen LogP contribution is 2.22. The second kappa shape index (κ2) is 5.58. The number of benzene rings is 2. The zero-order chi connectivity index (χ0) is 16.7. The van der Waals surface area contributed by atoms with Crippen LogP contribution in [-0.2, 0) is 0 Å². The molecule has 0 unspecified atom stereocenters. The average Bonchev–Trinajstić information content (AvgIpc) is 2.75. The Bertz CT molecular complexity index is 902. The number of imidazole rings is 1. The lowest BCUT2D eigenvalue weighted by Gasteiger charge is -2.13. The van der Waals surface area contributed by atoms with Crippen LogP contribution in [0.1, 0.15) is 27.9 Å². The van der Waals surface area contributed by atoms with E-state index in [9.17, 15) is 0 Å². The van der Waals surface area contributed by atoms with Gasteiger partial charge < -0.3 is 0 Å². The molecule has 1 N–H and O–H groups in total. The van der Waals surface area contributed by atoms with Crippen LogP contribution < -0.4 is 5.62 Å². The van der Waals surface area contributed by atoms with E-state index < -0.39 is 0 Å². The van der Waals surface area contributed by atoms with E-state index in [-0.39, 0.29) is 0 Å². The largest absolute Gasteiger partial charge is 0.285 e. The number of nitrogens with zero attached hydrogens (tertiary/aromatic N) is 2. The van der Waals surface area contributed by atoms with Gasteiger partial charge >= 0.3 is 0 Å².